The molecule has 1 aromatic carbocycles. The fourth-order valence-corrected chi connectivity index (χ4v) is 1.67. The zero-order chi connectivity index (χ0) is 15.9. The molecule has 0 saturated heterocycles. The molecular formula is C16H26N2O3. The van der Waals surface area contributed by atoms with Crippen molar-refractivity contribution in [3.05, 3.63) is 24.3 Å². The van der Waals surface area contributed by atoms with E-state index in [0.717, 1.165) is 6.42 Å². The minimum absolute atomic E-state index is 0.195. The molecule has 1 aromatic rings. The molecule has 0 saturated carbocycles. The van der Waals surface area contributed by atoms with Crippen molar-refractivity contribution in [2.24, 2.45) is 11.1 Å². The lowest BCUT2D eigenvalue weighted by molar-refractivity contribution is -0.119. The molecule has 0 spiro atoms. The van der Waals surface area contributed by atoms with E-state index in [9.17, 15) is 4.79 Å². The summed E-state index contributed by atoms with van der Waals surface area (Å²) >= 11 is 0. The van der Waals surface area contributed by atoms with Crippen molar-refractivity contribution in [2.75, 3.05) is 25.6 Å². The number of nitrogens with one attached hydrogen (secondary N) is 1. The second-order valence-corrected chi connectivity index (χ2v) is 6.06. The second kappa shape index (κ2) is 8.00. The molecule has 0 aliphatic rings. The second-order valence-electron chi connectivity index (χ2n) is 6.06. The van der Waals surface area contributed by atoms with Crippen LogP contribution < -0.4 is 15.8 Å². The molecule has 21 heavy (non-hydrogen) atoms. The molecular weight excluding hydrogens is 268 g/mol. The Hall–Kier alpha value is -1.59. The van der Waals surface area contributed by atoms with Gasteiger partial charge in [0.15, 0.2) is 0 Å². The van der Waals surface area contributed by atoms with Crippen molar-refractivity contribution in [1.82, 2.24) is 0 Å². The molecule has 0 aliphatic carbocycles. The molecule has 5 heteroatoms. The number of carbonyl (C=O) groups excluding carboxylic acids is 1. The molecule has 0 fully saturated rings. The number of methoxy groups -OCH3 is 1. The monoisotopic (exact) mass is 294 g/mol. The molecule has 0 bridgehead atoms. The summed E-state index contributed by atoms with van der Waals surface area (Å²) in [5.41, 5.74) is 6.34. The van der Waals surface area contributed by atoms with E-state index in [1.54, 1.807) is 13.2 Å². The number of hydrogen-bond donors (Lipinski definition) is 2. The summed E-state index contributed by atoms with van der Waals surface area (Å²) < 4.78 is 10.6. The SMILES string of the molecule is COCCCOc1cccc(NC(=O)[C@@H](N)C(C)(C)C)c1. The van der Waals surface area contributed by atoms with Gasteiger partial charge in [0.2, 0.25) is 5.91 Å². The largest absolute Gasteiger partial charge is 0.493 e. The molecule has 118 valence electrons. The highest BCUT2D eigenvalue weighted by molar-refractivity contribution is 5.95. The van der Waals surface area contributed by atoms with Crippen LogP contribution in [0.4, 0.5) is 5.69 Å². The molecule has 1 amide bonds. The number of amides is 1. The van der Waals surface area contributed by atoms with E-state index in [-0.39, 0.29) is 11.3 Å². The van der Waals surface area contributed by atoms with Gasteiger partial charge in [0, 0.05) is 31.9 Å². The molecule has 0 radical (unpaired) electrons. The van der Waals surface area contributed by atoms with Crippen LogP contribution >= 0.6 is 0 Å². The summed E-state index contributed by atoms with van der Waals surface area (Å²) in [5, 5.41) is 2.82. The van der Waals surface area contributed by atoms with Crippen molar-refractivity contribution in [3.63, 3.8) is 0 Å². The Morgan fingerprint density at radius 3 is 2.67 bits per heavy atom. The van der Waals surface area contributed by atoms with Crippen molar-refractivity contribution in [3.8, 4) is 5.75 Å². The number of carbonyl (C=O) groups is 1. The average Bonchev–Trinajstić information content (AvgIpc) is 2.42. The van der Waals surface area contributed by atoms with Gasteiger partial charge in [-0.1, -0.05) is 26.8 Å². The third-order valence-corrected chi connectivity index (χ3v) is 3.08. The van der Waals surface area contributed by atoms with Gasteiger partial charge < -0.3 is 20.5 Å². The van der Waals surface area contributed by atoms with Gasteiger partial charge in [-0.3, -0.25) is 4.79 Å². The molecule has 0 aliphatic heterocycles. The van der Waals surface area contributed by atoms with Crippen molar-refractivity contribution >= 4 is 11.6 Å². The third-order valence-electron chi connectivity index (χ3n) is 3.08. The van der Waals surface area contributed by atoms with Gasteiger partial charge in [0.05, 0.1) is 12.6 Å². The maximum Gasteiger partial charge on any atom is 0.241 e. The van der Waals surface area contributed by atoms with Crippen LogP contribution in [-0.4, -0.2) is 32.3 Å². The van der Waals surface area contributed by atoms with E-state index in [1.807, 2.05) is 39.0 Å². The predicted octanol–water partition coefficient (Wildman–Crippen LogP) is 2.41. The van der Waals surface area contributed by atoms with Crippen molar-refractivity contribution < 1.29 is 14.3 Å². The summed E-state index contributed by atoms with van der Waals surface area (Å²) in [5.74, 6) is 0.521. The lowest BCUT2D eigenvalue weighted by Gasteiger charge is -2.25. The van der Waals surface area contributed by atoms with E-state index in [2.05, 4.69) is 5.32 Å². The number of ether oxygens (including phenoxy) is 2. The summed E-state index contributed by atoms with van der Waals surface area (Å²) in [6.45, 7) is 7.05. The van der Waals surface area contributed by atoms with E-state index in [0.29, 0.717) is 24.7 Å². The molecule has 0 heterocycles. The number of nitrogens with two attached hydrogens (primary N) is 1. The summed E-state index contributed by atoms with van der Waals surface area (Å²) in [4.78, 5) is 12.1. The molecule has 0 aromatic heterocycles. The van der Waals surface area contributed by atoms with Crippen molar-refractivity contribution in [1.29, 1.82) is 0 Å². The standard InChI is InChI=1S/C16H26N2O3/c1-16(2,3)14(17)15(19)18-12-7-5-8-13(11-12)21-10-6-9-20-4/h5,7-8,11,14H,6,9-10,17H2,1-4H3,(H,18,19)/t14-/m1/s1. The van der Waals surface area contributed by atoms with E-state index in [1.165, 1.54) is 0 Å². The quantitative estimate of drug-likeness (QED) is 0.757. The lowest BCUT2D eigenvalue weighted by Crippen LogP contribution is -2.45. The Morgan fingerprint density at radius 1 is 1.33 bits per heavy atom. The number of anilines is 1. The van der Waals surface area contributed by atoms with Crippen molar-refractivity contribution in [2.45, 2.75) is 33.2 Å². The number of benzene rings is 1. The number of rotatable bonds is 7. The molecule has 3 N–H and O–H groups in total. The van der Waals surface area contributed by atoms with Gasteiger partial charge in [0.1, 0.15) is 5.75 Å². The first-order valence-electron chi connectivity index (χ1n) is 7.13. The predicted molar refractivity (Wildman–Crippen MR) is 84.5 cm³/mol. The van der Waals surface area contributed by atoms with Crippen LogP contribution in [0.1, 0.15) is 27.2 Å². The normalized spacial score (nSPS) is 12.8. The van der Waals surface area contributed by atoms with Crippen LogP contribution in [0.2, 0.25) is 0 Å². The van der Waals surface area contributed by atoms with E-state index >= 15 is 0 Å². The first-order chi connectivity index (χ1) is 9.84. The average molecular weight is 294 g/mol. The van der Waals surface area contributed by atoms with Gasteiger partial charge in [0.25, 0.3) is 0 Å². The highest BCUT2D eigenvalue weighted by Crippen LogP contribution is 2.21. The van der Waals surface area contributed by atoms with E-state index < -0.39 is 6.04 Å². The van der Waals surface area contributed by atoms with Gasteiger partial charge in [-0.15, -0.1) is 0 Å². The van der Waals surface area contributed by atoms with Crippen LogP contribution in [0.15, 0.2) is 24.3 Å². The van der Waals surface area contributed by atoms with Gasteiger partial charge in [-0.25, -0.2) is 0 Å². The fraction of sp³-hybridized carbons (Fsp3) is 0.562. The summed E-state index contributed by atoms with van der Waals surface area (Å²) in [6, 6.07) is 6.73. The van der Waals surface area contributed by atoms with Crippen LogP contribution in [-0.2, 0) is 9.53 Å². The number of hydrogen-bond acceptors (Lipinski definition) is 4. The van der Waals surface area contributed by atoms with Gasteiger partial charge in [-0.05, 0) is 17.5 Å². The maximum absolute atomic E-state index is 12.1. The van der Waals surface area contributed by atoms with Crippen LogP contribution in [0.3, 0.4) is 0 Å². The minimum Gasteiger partial charge on any atom is -0.493 e. The van der Waals surface area contributed by atoms with Gasteiger partial charge in [-0.2, -0.15) is 0 Å². The Labute approximate surface area is 126 Å². The molecule has 1 atom stereocenters. The Morgan fingerprint density at radius 2 is 2.05 bits per heavy atom. The van der Waals surface area contributed by atoms with Crippen LogP contribution in [0.5, 0.6) is 5.75 Å². The smallest absolute Gasteiger partial charge is 0.241 e. The molecule has 0 unspecified atom stereocenters. The highest BCUT2D eigenvalue weighted by atomic mass is 16.5. The topological polar surface area (TPSA) is 73.6 Å². The first-order valence-corrected chi connectivity index (χ1v) is 7.13. The first kappa shape index (κ1) is 17.5. The van der Waals surface area contributed by atoms with Gasteiger partial charge >= 0.3 is 0 Å². The van der Waals surface area contributed by atoms with E-state index in [4.69, 9.17) is 15.2 Å². The zero-order valence-corrected chi connectivity index (χ0v) is 13.3. The zero-order valence-electron chi connectivity index (χ0n) is 13.3. The maximum atomic E-state index is 12.1. The van der Waals surface area contributed by atoms with Crippen LogP contribution in [0, 0.1) is 5.41 Å². The molecule has 5 nitrogen and oxygen atoms in total. The highest BCUT2D eigenvalue weighted by Gasteiger charge is 2.27. The third kappa shape index (κ3) is 6.14. The van der Waals surface area contributed by atoms with Crippen LogP contribution in [0.25, 0.3) is 0 Å². The Balaban J connectivity index is 2.58. The lowest BCUT2D eigenvalue weighted by atomic mass is 9.87. The Kier molecular flexibility index (Phi) is 6.65. The fourth-order valence-electron chi connectivity index (χ4n) is 1.67. The minimum atomic E-state index is -0.566. The Bertz CT molecular complexity index is 455. The molecule has 1 rings (SSSR count). The summed E-state index contributed by atoms with van der Waals surface area (Å²) in [7, 11) is 1.66. The summed E-state index contributed by atoms with van der Waals surface area (Å²) in [6.07, 6.45) is 0.821.